The van der Waals surface area contributed by atoms with Gasteiger partial charge in [0.2, 0.25) is 0 Å². The molecular weight excluding hydrogens is 473 g/mol. The molecule has 1 aromatic heterocycles. The van der Waals surface area contributed by atoms with Gasteiger partial charge in [-0.25, -0.2) is 4.68 Å². The molecule has 1 aliphatic rings. The highest BCUT2D eigenvalue weighted by Crippen LogP contribution is 2.30. The molecule has 1 saturated heterocycles. The SMILES string of the molecule is Nc1c(C(=O)N2CCCCC2)nnn1Cc1cc(Cl)c(C(=O)c2ccc(Cl)cc2)c(Cl)c1. The van der Waals surface area contributed by atoms with E-state index in [4.69, 9.17) is 40.5 Å². The zero-order valence-electron chi connectivity index (χ0n) is 17.0. The summed E-state index contributed by atoms with van der Waals surface area (Å²) in [5, 5.41) is 8.95. The Balaban J connectivity index is 1.55. The van der Waals surface area contributed by atoms with Crippen LogP contribution in [0, 0.1) is 0 Å². The van der Waals surface area contributed by atoms with Crippen molar-refractivity contribution in [2.24, 2.45) is 0 Å². The molecule has 0 saturated carbocycles. The molecule has 0 aliphatic carbocycles. The van der Waals surface area contributed by atoms with Crippen LogP contribution in [0.15, 0.2) is 36.4 Å². The molecule has 32 heavy (non-hydrogen) atoms. The third kappa shape index (κ3) is 4.60. The van der Waals surface area contributed by atoms with Crippen molar-refractivity contribution < 1.29 is 9.59 Å². The van der Waals surface area contributed by atoms with Crippen molar-refractivity contribution in [3.63, 3.8) is 0 Å². The summed E-state index contributed by atoms with van der Waals surface area (Å²) in [6, 6.07) is 9.74. The van der Waals surface area contributed by atoms with Crippen molar-refractivity contribution in [1.29, 1.82) is 0 Å². The molecule has 4 rings (SSSR count). The molecule has 0 bridgehead atoms. The number of anilines is 1. The lowest BCUT2D eigenvalue weighted by atomic mass is 10.0. The van der Waals surface area contributed by atoms with Crippen LogP contribution in [-0.4, -0.2) is 44.7 Å². The summed E-state index contributed by atoms with van der Waals surface area (Å²) in [7, 11) is 0. The lowest BCUT2D eigenvalue weighted by Gasteiger charge is -2.25. The van der Waals surface area contributed by atoms with Crippen LogP contribution in [0.25, 0.3) is 0 Å². The Morgan fingerprint density at radius 1 is 0.969 bits per heavy atom. The number of amides is 1. The highest BCUT2D eigenvalue weighted by Gasteiger charge is 2.25. The topological polar surface area (TPSA) is 94.1 Å². The third-order valence-electron chi connectivity index (χ3n) is 5.39. The Hall–Kier alpha value is -2.61. The fourth-order valence-electron chi connectivity index (χ4n) is 3.69. The predicted molar refractivity (Wildman–Crippen MR) is 125 cm³/mol. The summed E-state index contributed by atoms with van der Waals surface area (Å²) < 4.78 is 1.42. The van der Waals surface area contributed by atoms with Crippen molar-refractivity contribution in [1.82, 2.24) is 19.9 Å². The maximum Gasteiger partial charge on any atom is 0.278 e. The van der Waals surface area contributed by atoms with E-state index in [1.807, 2.05) is 0 Å². The van der Waals surface area contributed by atoms with Gasteiger partial charge in [-0.3, -0.25) is 9.59 Å². The highest BCUT2D eigenvalue weighted by molar-refractivity contribution is 6.41. The van der Waals surface area contributed by atoms with Gasteiger partial charge in [-0.15, -0.1) is 5.10 Å². The summed E-state index contributed by atoms with van der Waals surface area (Å²) in [5.74, 6) is -0.347. The Labute approximate surface area is 200 Å². The van der Waals surface area contributed by atoms with Gasteiger partial charge in [0.15, 0.2) is 17.3 Å². The molecule has 1 aliphatic heterocycles. The van der Waals surface area contributed by atoms with E-state index in [0.29, 0.717) is 29.2 Å². The van der Waals surface area contributed by atoms with Crippen molar-refractivity contribution in [3.8, 4) is 0 Å². The Morgan fingerprint density at radius 3 is 2.22 bits per heavy atom. The molecule has 1 amide bonds. The van der Waals surface area contributed by atoms with Gasteiger partial charge in [0.25, 0.3) is 5.91 Å². The number of piperidine rings is 1. The Morgan fingerprint density at radius 2 is 1.59 bits per heavy atom. The molecule has 2 heterocycles. The van der Waals surface area contributed by atoms with Gasteiger partial charge in [0.1, 0.15) is 0 Å². The summed E-state index contributed by atoms with van der Waals surface area (Å²) in [6.07, 6.45) is 3.06. The molecule has 0 spiro atoms. The first-order valence-corrected chi connectivity index (χ1v) is 11.2. The number of halogens is 3. The summed E-state index contributed by atoms with van der Waals surface area (Å²) in [6.45, 7) is 1.58. The smallest absolute Gasteiger partial charge is 0.278 e. The summed E-state index contributed by atoms with van der Waals surface area (Å²) >= 11 is 18.7. The van der Waals surface area contributed by atoms with Crippen molar-refractivity contribution >= 4 is 52.3 Å². The van der Waals surface area contributed by atoms with E-state index < -0.39 is 0 Å². The van der Waals surface area contributed by atoms with E-state index in [1.165, 1.54) is 4.68 Å². The van der Waals surface area contributed by atoms with E-state index in [2.05, 4.69) is 10.3 Å². The number of ketones is 1. The number of carbonyl (C=O) groups is 2. The molecule has 0 radical (unpaired) electrons. The number of rotatable bonds is 5. The predicted octanol–water partition coefficient (Wildman–Crippen LogP) is 4.73. The van der Waals surface area contributed by atoms with Crippen LogP contribution in [0.3, 0.4) is 0 Å². The first kappa shape index (κ1) is 22.6. The van der Waals surface area contributed by atoms with Crippen molar-refractivity contribution in [2.45, 2.75) is 25.8 Å². The summed E-state index contributed by atoms with van der Waals surface area (Å²) in [5.41, 5.74) is 7.59. The second-order valence-electron chi connectivity index (χ2n) is 7.60. The molecule has 0 unspecified atom stereocenters. The normalized spacial score (nSPS) is 13.9. The van der Waals surface area contributed by atoms with Gasteiger partial charge < -0.3 is 10.6 Å². The lowest BCUT2D eigenvalue weighted by molar-refractivity contribution is 0.0719. The molecule has 10 heteroatoms. The number of likely N-dealkylation sites (tertiary alicyclic amines) is 1. The molecule has 3 aromatic rings. The largest absolute Gasteiger partial charge is 0.382 e. The molecule has 2 aromatic carbocycles. The minimum Gasteiger partial charge on any atom is -0.382 e. The van der Waals surface area contributed by atoms with Crippen LogP contribution in [0.4, 0.5) is 5.82 Å². The molecule has 166 valence electrons. The maximum absolute atomic E-state index is 12.8. The number of aromatic nitrogens is 3. The fourth-order valence-corrected chi connectivity index (χ4v) is 4.52. The number of hydrogen-bond acceptors (Lipinski definition) is 5. The highest BCUT2D eigenvalue weighted by atomic mass is 35.5. The van der Waals surface area contributed by atoms with Gasteiger partial charge in [-0.2, -0.15) is 0 Å². The van der Waals surface area contributed by atoms with Gasteiger partial charge in [-0.05, 0) is 61.2 Å². The zero-order chi connectivity index (χ0) is 22.8. The van der Waals surface area contributed by atoms with Gasteiger partial charge >= 0.3 is 0 Å². The number of nitrogen functional groups attached to an aromatic ring is 1. The van der Waals surface area contributed by atoms with E-state index in [-0.39, 0.29) is 45.4 Å². The molecule has 0 atom stereocenters. The van der Waals surface area contributed by atoms with Crippen LogP contribution in [0.1, 0.15) is 51.2 Å². The van der Waals surface area contributed by atoms with E-state index >= 15 is 0 Å². The Bertz CT molecular complexity index is 1150. The van der Waals surface area contributed by atoms with Crippen LogP contribution in [0.5, 0.6) is 0 Å². The Kier molecular flexibility index (Phi) is 6.69. The second-order valence-corrected chi connectivity index (χ2v) is 8.86. The minimum absolute atomic E-state index is 0.138. The van der Waals surface area contributed by atoms with Crippen LogP contribution in [0.2, 0.25) is 15.1 Å². The average Bonchev–Trinajstić information content (AvgIpc) is 3.13. The molecule has 7 nitrogen and oxygen atoms in total. The first-order chi connectivity index (χ1) is 15.3. The standard InChI is InChI=1S/C22H20Cl3N5O2/c23-15-6-4-14(5-7-15)20(31)18-16(24)10-13(11-17(18)25)12-30-21(26)19(27-28-30)22(32)29-8-2-1-3-9-29/h4-7,10-11H,1-3,8-9,12,26H2. The van der Waals surface area contributed by atoms with E-state index in [1.54, 1.807) is 41.3 Å². The number of carbonyl (C=O) groups excluding carboxylic acids is 2. The van der Waals surface area contributed by atoms with Gasteiger partial charge in [0.05, 0.1) is 22.2 Å². The number of hydrogen-bond donors (Lipinski definition) is 1. The first-order valence-electron chi connectivity index (χ1n) is 10.1. The quantitative estimate of drug-likeness (QED) is 0.520. The van der Waals surface area contributed by atoms with E-state index in [0.717, 1.165) is 19.3 Å². The van der Waals surface area contributed by atoms with Gasteiger partial charge in [-0.1, -0.05) is 40.0 Å². The van der Waals surface area contributed by atoms with Crippen LogP contribution in [-0.2, 0) is 6.54 Å². The van der Waals surface area contributed by atoms with Crippen molar-refractivity contribution in [2.75, 3.05) is 18.8 Å². The van der Waals surface area contributed by atoms with Crippen molar-refractivity contribution in [3.05, 3.63) is 73.9 Å². The number of nitrogens with zero attached hydrogens (tertiary/aromatic N) is 4. The van der Waals surface area contributed by atoms with Crippen LogP contribution < -0.4 is 5.73 Å². The molecule has 1 fully saturated rings. The number of benzene rings is 2. The van der Waals surface area contributed by atoms with Crippen LogP contribution >= 0.6 is 34.8 Å². The fraction of sp³-hybridized carbons (Fsp3) is 0.273. The van der Waals surface area contributed by atoms with E-state index in [9.17, 15) is 9.59 Å². The summed E-state index contributed by atoms with van der Waals surface area (Å²) in [4.78, 5) is 27.3. The number of nitrogens with two attached hydrogens (primary N) is 1. The second kappa shape index (κ2) is 9.48. The van der Waals surface area contributed by atoms with Gasteiger partial charge in [0, 0.05) is 23.7 Å². The molecule has 2 N–H and O–H groups in total. The zero-order valence-corrected chi connectivity index (χ0v) is 19.3. The molecular formula is C22H20Cl3N5O2. The third-order valence-corrected chi connectivity index (χ3v) is 6.24. The lowest BCUT2D eigenvalue weighted by Crippen LogP contribution is -2.36. The monoisotopic (exact) mass is 491 g/mol. The average molecular weight is 493 g/mol. The maximum atomic E-state index is 12.8. The minimum atomic E-state index is -0.307.